The largest absolute Gasteiger partial charge is 0.349 e. The fourth-order valence-corrected chi connectivity index (χ4v) is 7.18. The van der Waals surface area contributed by atoms with E-state index < -0.39 is 22.2 Å². The van der Waals surface area contributed by atoms with Crippen LogP contribution in [-0.4, -0.2) is 79.1 Å². The minimum Gasteiger partial charge on any atom is -0.349 e. The van der Waals surface area contributed by atoms with Crippen LogP contribution in [0, 0.1) is 5.92 Å². The van der Waals surface area contributed by atoms with Gasteiger partial charge in [0.1, 0.15) is 0 Å². The predicted octanol–water partition coefficient (Wildman–Crippen LogP) is 0.0467. The Bertz CT molecular complexity index is 913. The number of carbonyl (C=O) groups is 2. The molecule has 0 unspecified atom stereocenters. The van der Waals surface area contributed by atoms with E-state index in [1.54, 1.807) is 14.1 Å². The van der Waals surface area contributed by atoms with Crippen molar-refractivity contribution in [1.82, 2.24) is 23.8 Å². The summed E-state index contributed by atoms with van der Waals surface area (Å²) in [5, 5.41) is 0.215. The zero-order valence-electron chi connectivity index (χ0n) is 16.2. The minimum absolute atomic E-state index is 0.0251. The number of nitrogens with one attached hydrogen (secondary N) is 1. The van der Waals surface area contributed by atoms with Crippen LogP contribution >= 0.6 is 11.3 Å². The molecule has 1 saturated heterocycles. The maximum absolute atomic E-state index is 13.2. The first-order chi connectivity index (χ1) is 13.2. The van der Waals surface area contributed by atoms with Gasteiger partial charge in [0, 0.05) is 50.4 Å². The summed E-state index contributed by atoms with van der Waals surface area (Å²) in [4.78, 5) is 34.7. The van der Waals surface area contributed by atoms with Gasteiger partial charge in [0.15, 0.2) is 5.01 Å². The highest BCUT2D eigenvalue weighted by Crippen LogP contribution is 2.36. The van der Waals surface area contributed by atoms with E-state index in [9.17, 15) is 18.0 Å². The Balaban J connectivity index is 1.62. The van der Waals surface area contributed by atoms with Crippen LogP contribution in [0.5, 0.6) is 0 Å². The van der Waals surface area contributed by atoms with Crippen LogP contribution in [-0.2, 0) is 28.0 Å². The predicted molar refractivity (Wildman–Crippen MR) is 104 cm³/mol. The summed E-state index contributed by atoms with van der Waals surface area (Å²) in [5.41, 5.74) is 0.886. The van der Waals surface area contributed by atoms with Gasteiger partial charge in [0.25, 0.3) is 5.91 Å². The molecule has 28 heavy (non-hydrogen) atoms. The molecule has 0 radical (unpaired) electrons. The average molecular weight is 428 g/mol. The summed E-state index contributed by atoms with van der Waals surface area (Å²) < 4.78 is 29.0. The quantitative estimate of drug-likeness (QED) is 0.715. The maximum atomic E-state index is 13.2. The third kappa shape index (κ3) is 3.34. The fourth-order valence-electron chi connectivity index (χ4n) is 4.33. The van der Waals surface area contributed by atoms with E-state index in [1.165, 1.54) is 16.2 Å². The number of carbonyl (C=O) groups excluding carboxylic acids is 2. The number of aromatic nitrogens is 1. The Morgan fingerprint density at radius 3 is 2.75 bits per heavy atom. The molecule has 154 valence electrons. The lowest BCUT2D eigenvalue weighted by atomic mass is 9.82. The number of rotatable bonds is 2. The van der Waals surface area contributed by atoms with Crippen molar-refractivity contribution in [2.24, 2.45) is 5.92 Å². The fraction of sp³-hybridized carbons (Fsp3) is 0.706. The summed E-state index contributed by atoms with van der Waals surface area (Å²) >= 11 is 1.27. The molecule has 3 atom stereocenters. The molecule has 11 heteroatoms. The van der Waals surface area contributed by atoms with Crippen LogP contribution in [0.3, 0.4) is 0 Å². The lowest BCUT2D eigenvalue weighted by molar-refractivity contribution is -0.134. The van der Waals surface area contributed by atoms with E-state index >= 15 is 0 Å². The first kappa shape index (κ1) is 19.7. The van der Waals surface area contributed by atoms with Gasteiger partial charge >= 0.3 is 10.2 Å². The molecule has 1 aromatic rings. The van der Waals surface area contributed by atoms with E-state index in [2.05, 4.69) is 14.6 Å². The average Bonchev–Trinajstić information content (AvgIpc) is 3.16. The van der Waals surface area contributed by atoms with Crippen molar-refractivity contribution in [3.63, 3.8) is 0 Å². The van der Waals surface area contributed by atoms with Gasteiger partial charge in [-0.1, -0.05) is 0 Å². The Morgan fingerprint density at radius 1 is 1.29 bits per heavy atom. The molecule has 0 spiro atoms. The molecular formula is C17H25N5O4S2. The lowest BCUT2D eigenvalue weighted by Crippen LogP contribution is -2.47. The van der Waals surface area contributed by atoms with Gasteiger partial charge in [0.05, 0.1) is 11.7 Å². The van der Waals surface area contributed by atoms with Crippen LogP contribution < -0.4 is 4.72 Å². The monoisotopic (exact) mass is 427 g/mol. The van der Waals surface area contributed by atoms with Crippen molar-refractivity contribution >= 4 is 33.4 Å². The molecule has 1 N–H and O–H groups in total. The molecule has 2 fully saturated rings. The van der Waals surface area contributed by atoms with Crippen molar-refractivity contribution in [3.05, 3.63) is 15.6 Å². The SMILES string of the molecule is CN1CCc2nc(C(=O)N3[C@@H]4C[C@@H](C(=O)N(C)C)CC[C@@H]4NS3(=O)=O)sc2C1. The van der Waals surface area contributed by atoms with E-state index in [0.29, 0.717) is 19.3 Å². The highest BCUT2D eigenvalue weighted by Gasteiger charge is 2.51. The van der Waals surface area contributed by atoms with Crippen LogP contribution in [0.25, 0.3) is 0 Å². The summed E-state index contributed by atoms with van der Waals surface area (Å²) in [6.07, 6.45) is 2.25. The van der Waals surface area contributed by atoms with Crippen LogP contribution in [0.1, 0.15) is 39.6 Å². The van der Waals surface area contributed by atoms with Crippen molar-refractivity contribution < 1.29 is 18.0 Å². The van der Waals surface area contributed by atoms with Crippen molar-refractivity contribution in [2.45, 2.75) is 44.3 Å². The van der Waals surface area contributed by atoms with Gasteiger partial charge in [0.2, 0.25) is 5.91 Å². The molecule has 9 nitrogen and oxygen atoms in total. The van der Waals surface area contributed by atoms with Crippen LogP contribution in [0.2, 0.25) is 0 Å². The van der Waals surface area contributed by atoms with E-state index in [4.69, 9.17) is 0 Å². The summed E-state index contributed by atoms with van der Waals surface area (Å²) in [6.45, 7) is 1.59. The molecule has 3 aliphatic rings. The van der Waals surface area contributed by atoms with Gasteiger partial charge < -0.3 is 9.80 Å². The molecule has 0 bridgehead atoms. The Labute approximate surface area is 168 Å². The van der Waals surface area contributed by atoms with Gasteiger partial charge in [-0.25, -0.2) is 9.29 Å². The van der Waals surface area contributed by atoms with Crippen LogP contribution in [0.4, 0.5) is 0 Å². The Hall–Kier alpha value is -1.56. The lowest BCUT2D eigenvalue weighted by Gasteiger charge is -2.33. The third-order valence-corrected chi connectivity index (χ3v) is 8.40. The van der Waals surface area contributed by atoms with E-state index in [-0.39, 0.29) is 22.9 Å². The van der Waals surface area contributed by atoms with Crippen molar-refractivity contribution in [1.29, 1.82) is 0 Å². The second-order valence-electron chi connectivity index (χ2n) is 8.02. The highest BCUT2D eigenvalue weighted by atomic mass is 32.2. The molecule has 1 aromatic heterocycles. The van der Waals surface area contributed by atoms with Crippen LogP contribution in [0.15, 0.2) is 0 Å². The van der Waals surface area contributed by atoms with E-state index in [1.807, 2.05) is 7.05 Å². The Morgan fingerprint density at radius 2 is 2.04 bits per heavy atom. The van der Waals surface area contributed by atoms with Crippen molar-refractivity contribution in [3.8, 4) is 0 Å². The van der Waals surface area contributed by atoms with E-state index in [0.717, 1.165) is 34.4 Å². The number of amides is 2. The maximum Gasteiger partial charge on any atom is 0.304 e. The standard InChI is InChI=1S/C17H25N5O4S2/c1-20(2)16(23)10-4-5-11-13(8-10)22(28(25,26)19-11)17(24)15-18-12-6-7-21(3)9-14(12)27-15/h10-11,13,19H,4-9H2,1-3H3/t10-,11-,13+/m0/s1. The molecule has 4 rings (SSSR count). The number of likely N-dealkylation sites (N-methyl/N-ethyl adjacent to an activating group) is 1. The van der Waals surface area contributed by atoms with Gasteiger partial charge in [-0.15, -0.1) is 11.3 Å². The molecule has 2 amide bonds. The second-order valence-corrected chi connectivity index (χ2v) is 10.7. The topological polar surface area (TPSA) is 103 Å². The number of hydrogen-bond donors (Lipinski definition) is 1. The molecule has 3 heterocycles. The smallest absolute Gasteiger partial charge is 0.304 e. The second kappa shape index (κ2) is 7.05. The number of fused-ring (bicyclic) bond motifs is 2. The van der Waals surface area contributed by atoms with Crippen molar-refractivity contribution in [2.75, 3.05) is 27.7 Å². The van der Waals surface area contributed by atoms with Gasteiger partial charge in [-0.2, -0.15) is 13.1 Å². The molecule has 2 aliphatic heterocycles. The zero-order valence-corrected chi connectivity index (χ0v) is 17.8. The first-order valence-corrected chi connectivity index (χ1v) is 11.7. The molecule has 0 aromatic carbocycles. The minimum atomic E-state index is -3.93. The molecule has 1 saturated carbocycles. The number of nitrogens with zero attached hydrogens (tertiary/aromatic N) is 4. The molecular weight excluding hydrogens is 402 g/mol. The molecule has 1 aliphatic carbocycles. The Kier molecular flexibility index (Phi) is 4.97. The summed E-state index contributed by atoms with van der Waals surface area (Å²) in [7, 11) is 1.46. The summed E-state index contributed by atoms with van der Waals surface area (Å²) in [6, 6.07) is -0.898. The highest BCUT2D eigenvalue weighted by molar-refractivity contribution is 7.88. The zero-order chi connectivity index (χ0) is 20.2. The number of thiazole rings is 1. The summed E-state index contributed by atoms with van der Waals surface area (Å²) in [5.74, 6) is -0.886. The number of hydrogen-bond acceptors (Lipinski definition) is 7. The third-order valence-electron chi connectivity index (χ3n) is 5.77. The normalized spacial score (nSPS) is 29.2. The van der Waals surface area contributed by atoms with Gasteiger partial charge in [-0.05, 0) is 26.3 Å². The first-order valence-electron chi connectivity index (χ1n) is 9.41. The van der Waals surface area contributed by atoms with Gasteiger partial charge in [-0.3, -0.25) is 9.59 Å².